The lowest BCUT2D eigenvalue weighted by atomic mass is 10.0. The van der Waals surface area contributed by atoms with Gasteiger partial charge in [0.15, 0.2) is 5.82 Å². The van der Waals surface area contributed by atoms with Crippen molar-refractivity contribution in [3.8, 4) is 11.4 Å². The van der Waals surface area contributed by atoms with Crippen molar-refractivity contribution < 1.29 is 9.18 Å². The average Bonchev–Trinajstić information content (AvgIpc) is 2.81. The lowest BCUT2D eigenvalue weighted by Crippen LogP contribution is -2.40. The normalized spacial score (nSPS) is 12.9. The van der Waals surface area contributed by atoms with E-state index in [1.165, 1.54) is 18.2 Å². The number of carbonyl (C=O) groups is 1. The van der Waals surface area contributed by atoms with E-state index in [1.807, 2.05) is 37.4 Å². The Morgan fingerprint density at radius 2 is 2.00 bits per heavy atom. The summed E-state index contributed by atoms with van der Waals surface area (Å²) >= 11 is 5.84. The van der Waals surface area contributed by atoms with Crippen LogP contribution in [0.3, 0.4) is 0 Å². The molecule has 8 heteroatoms. The maximum absolute atomic E-state index is 13.4. The molecule has 0 atom stereocenters. The molecule has 1 aromatic heterocycles. The summed E-state index contributed by atoms with van der Waals surface area (Å²) < 4.78 is 13.4. The van der Waals surface area contributed by atoms with Gasteiger partial charge in [0.1, 0.15) is 11.6 Å². The molecule has 4 rings (SSSR count). The predicted molar refractivity (Wildman–Crippen MR) is 126 cm³/mol. The second kappa shape index (κ2) is 9.53. The Balaban J connectivity index is 1.62. The lowest BCUT2D eigenvalue weighted by molar-refractivity contribution is 0.206. The summed E-state index contributed by atoms with van der Waals surface area (Å²) in [6, 6.07) is 13.8. The molecule has 0 bridgehead atoms. The molecule has 166 valence electrons. The second-order valence-corrected chi connectivity index (χ2v) is 8.22. The number of rotatable bonds is 5. The number of halogens is 2. The Labute approximate surface area is 192 Å². The molecule has 1 N–H and O–H groups in total. The quantitative estimate of drug-likeness (QED) is 0.564. The molecule has 3 aromatic rings. The van der Waals surface area contributed by atoms with E-state index in [4.69, 9.17) is 21.6 Å². The molecule has 2 aromatic carbocycles. The number of anilines is 2. The van der Waals surface area contributed by atoms with Gasteiger partial charge >= 0.3 is 6.03 Å². The van der Waals surface area contributed by atoms with E-state index in [1.54, 1.807) is 4.90 Å². The van der Waals surface area contributed by atoms with Crippen molar-refractivity contribution in [2.75, 3.05) is 30.4 Å². The molecule has 0 aliphatic carbocycles. The summed E-state index contributed by atoms with van der Waals surface area (Å²) in [5.41, 5.74) is 3.34. The maximum Gasteiger partial charge on any atom is 0.322 e. The molecule has 2 amide bonds. The number of nitrogens with one attached hydrogen (secondary N) is 1. The fourth-order valence-corrected chi connectivity index (χ4v) is 4.00. The van der Waals surface area contributed by atoms with Gasteiger partial charge in [0.25, 0.3) is 0 Å². The summed E-state index contributed by atoms with van der Waals surface area (Å²) in [7, 11) is 2.01. The third-order valence-corrected chi connectivity index (χ3v) is 5.74. The van der Waals surface area contributed by atoms with Gasteiger partial charge in [-0.2, -0.15) is 0 Å². The molecular formula is C24H25ClFN5O. The van der Waals surface area contributed by atoms with Crippen LogP contribution in [-0.4, -0.2) is 41.0 Å². The molecule has 0 saturated carbocycles. The Morgan fingerprint density at radius 3 is 2.72 bits per heavy atom. The molecule has 0 fully saturated rings. The third-order valence-electron chi connectivity index (χ3n) is 5.45. The van der Waals surface area contributed by atoms with Crippen molar-refractivity contribution in [2.24, 2.45) is 0 Å². The minimum atomic E-state index is -0.522. The zero-order chi connectivity index (χ0) is 22.7. The van der Waals surface area contributed by atoms with E-state index < -0.39 is 5.82 Å². The standard InChI is InChI=1S/C24H25ClFN5O/c1-3-12-30(2)23-18-15-31(24(32)27-17-9-10-20(26)19(25)14-17)13-11-21(18)28-22(29-23)16-7-5-4-6-8-16/h4-10,14H,3,11-13,15H2,1-2H3,(H,27,32). The summed E-state index contributed by atoms with van der Waals surface area (Å²) in [5.74, 6) is 1.02. The van der Waals surface area contributed by atoms with Gasteiger partial charge in [0.2, 0.25) is 0 Å². The van der Waals surface area contributed by atoms with Gasteiger partial charge in [-0.1, -0.05) is 48.9 Å². The van der Waals surface area contributed by atoms with Crippen molar-refractivity contribution >= 4 is 29.1 Å². The van der Waals surface area contributed by atoms with Gasteiger partial charge < -0.3 is 15.1 Å². The van der Waals surface area contributed by atoms with Gasteiger partial charge in [0, 0.05) is 43.4 Å². The van der Waals surface area contributed by atoms with Gasteiger partial charge in [-0.3, -0.25) is 0 Å². The molecule has 0 unspecified atom stereocenters. The highest BCUT2D eigenvalue weighted by Gasteiger charge is 2.27. The molecule has 32 heavy (non-hydrogen) atoms. The van der Waals surface area contributed by atoms with Crippen LogP contribution in [-0.2, 0) is 13.0 Å². The smallest absolute Gasteiger partial charge is 0.322 e. The van der Waals surface area contributed by atoms with Crippen LogP contribution in [0.5, 0.6) is 0 Å². The van der Waals surface area contributed by atoms with Gasteiger partial charge in [-0.05, 0) is 24.6 Å². The number of hydrogen-bond donors (Lipinski definition) is 1. The molecule has 1 aliphatic rings. The van der Waals surface area contributed by atoms with Crippen LogP contribution in [0.25, 0.3) is 11.4 Å². The van der Waals surface area contributed by atoms with Crippen LogP contribution >= 0.6 is 11.6 Å². The Kier molecular flexibility index (Phi) is 6.55. The minimum absolute atomic E-state index is 0.0305. The van der Waals surface area contributed by atoms with Crippen molar-refractivity contribution in [3.05, 3.63) is 70.6 Å². The highest BCUT2D eigenvalue weighted by atomic mass is 35.5. The maximum atomic E-state index is 13.4. The van der Waals surface area contributed by atoms with Crippen molar-refractivity contribution in [3.63, 3.8) is 0 Å². The number of amides is 2. The highest BCUT2D eigenvalue weighted by molar-refractivity contribution is 6.31. The van der Waals surface area contributed by atoms with E-state index in [0.717, 1.165) is 35.6 Å². The Morgan fingerprint density at radius 1 is 1.22 bits per heavy atom. The van der Waals surface area contributed by atoms with E-state index in [2.05, 4.69) is 17.1 Å². The number of benzene rings is 2. The fourth-order valence-electron chi connectivity index (χ4n) is 3.82. The van der Waals surface area contributed by atoms with Crippen LogP contribution in [0.4, 0.5) is 20.7 Å². The van der Waals surface area contributed by atoms with Crippen molar-refractivity contribution in [1.29, 1.82) is 0 Å². The molecule has 0 saturated heterocycles. The van der Waals surface area contributed by atoms with Gasteiger partial charge in [-0.25, -0.2) is 19.2 Å². The van der Waals surface area contributed by atoms with Crippen LogP contribution in [0.15, 0.2) is 48.5 Å². The molecule has 1 aliphatic heterocycles. The van der Waals surface area contributed by atoms with Crippen LogP contribution in [0.2, 0.25) is 5.02 Å². The van der Waals surface area contributed by atoms with Crippen LogP contribution < -0.4 is 10.2 Å². The lowest BCUT2D eigenvalue weighted by Gasteiger charge is -2.32. The summed E-state index contributed by atoms with van der Waals surface area (Å²) in [4.78, 5) is 26.4. The van der Waals surface area contributed by atoms with Gasteiger partial charge in [-0.15, -0.1) is 0 Å². The van der Waals surface area contributed by atoms with Crippen LogP contribution in [0, 0.1) is 5.82 Å². The van der Waals surface area contributed by atoms with Crippen molar-refractivity contribution in [1.82, 2.24) is 14.9 Å². The largest absolute Gasteiger partial charge is 0.359 e. The molecular weight excluding hydrogens is 429 g/mol. The zero-order valence-corrected chi connectivity index (χ0v) is 18.9. The number of nitrogens with zero attached hydrogens (tertiary/aromatic N) is 4. The van der Waals surface area contributed by atoms with E-state index in [9.17, 15) is 9.18 Å². The first kappa shape index (κ1) is 22.0. The monoisotopic (exact) mass is 453 g/mol. The summed E-state index contributed by atoms with van der Waals surface area (Å²) in [6.07, 6.45) is 1.60. The topological polar surface area (TPSA) is 61.4 Å². The number of aromatic nitrogens is 2. The van der Waals surface area contributed by atoms with E-state index in [-0.39, 0.29) is 11.1 Å². The highest BCUT2D eigenvalue weighted by Crippen LogP contribution is 2.30. The molecule has 0 radical (unpaired) electrons. The molecule has 0 spiro atoms. The Bertz CT molecular complexity index is 1120. The zero-order valence-electron chi connectivity index (χ0n) is 18.1. The predicted octanol–water partition coefficient (Wildman–Crippen LogP) is 5.37. The first-order valence-electron chi connectivity index (χ1n) is 10.6. The second-order valence-electron chi connectivity index (χ2n) is 7.81. The van der Waals surface area contributed by atoms with Crippen LogP contribution in [0.1, 0.15) is 24.6 Å². The third kappa shape index (κ3) is 4.67. The molecule has 6 nitrogen and oxygen atoms in total. The number of hydrogen-bond acceptors (Lipinski definition) is 4. The number of urea groups is 1. The molecule has 2 heterocycles. The van der Waals surface area contributed by atoms with E-state index in [0.29, 0.717) is 31.0 Å². The Hall–Kier alpha value is -3.19. The summed E-state index contributed by atoms with van der Waals surface area (Å²) in [6.45, 7) is 3.89. The van der Waals surface area contributed by atoms with E-state index >= 15 is 0 Å². The first-order chi connectivity index (χ1) is 15.5. The average molecular weight is 454 g/mol. The minimum Gasteiger partial charge on any atom is -0.359 e. The first-order valence-corrected chi connectivity index (χ1v) is 11.0. The number of fused-ring (bicyclic) bond motifs is 1. The van der Waals surface area contributed by atoms with Crippen molar-refractivity contribution in [2.45, 2.75) is 26.3 Å². The fraction of sp³-hybridized carbons (Fsp3) is 0.292. The van der Waals surface area contributed by atoms with Gasteiger partial charge in [0.05, 0.1) is 17.3 Å². The number of carbonyl (C=O) groups excluding carboxylic acids is 1. The SMILES string of the molecule is CCCN(C)c1nc(-c2ccccc2)nc2c1CN(C(=O)Nc1ccc(F)c(Cl)c1)CC2. The summed E-state index contributed by atoms with van der Waals surface area (Å²) in [5, 5.41) is 2.77.